The van der Waals surface area contributed by atoms with Gasteiger partial charge >= 0.3 is 0 Å². The molecule has 6 nitrogen and oxygen atoms in total. The van der Waals surface area contributed by atoms with E-state index in [9.17, 15) is 29.7 Å². The third-order valence-electron chi connectivity index (χ3n) is 11.4. The fraction of sp³-hybridized carbons (Fsp3) is 0.500. The van der Waals surface area contributed by atoms with Crippen molar-refractivity contribution in [1.29, 1.82) is 0 Å². The van der Waals surface area contributed by atoms with Gasteiger partial charge in [-0.05, 0) is 97.6 Å². The number of hydrogen-bond donors (Lipinski definition) is 3. The number of aryl methyl sites for hydroxylation is 2. The number of carbonyl (C=O) groups excluding carboxylic acids is 3. The first-order valence-corrected chi connectivity index (χ1v) is 16.0. The van der Waals surface area contributed by atoms with Crippen LogP contribution in [0.4, 0.5) is 0 Å². The summed E-state index contributed by atoms with van der Waals surface area (Å²) >= 11 is 0. The Morgan fingerprint density at radius 3 is 2.25 bits per heavy atom. The van der Waals surface area contributed by atoms with E-state index in [4.69, 9.17) is 0 Å². The average molecular weight is 597 g/mol. The maximum atomic E-state index is 14.7. The Kier molecular flexibility index (Phi) is 6.76. The van der Waals surface area contributed by atoms with Crippen molar-refractivity contribution in [2.24, 2.45) is 22.7 Å². The molecule has 2 aromatic carbocycles. The Labute approximate surface area is 259 Å². The number of phenolic OH excluding ortho intramolecular Hbond substituents is 1. The summed E-state index contributed by atoms with van der Waals surface area (Å²) in [4.78, 5) is 41.6. The highest BCUT2D eigenvalue weighted by atomic mass is 16.3. The molecule has 1 saturated carbocycles. The summed E-state index contributed by atoms with van der Waals surface area (Å²) in [7, 11) is 0. The number of rotatable bonds is 4. The highest BCUT2D eigenvalue weighted by Crippen LogP contribution is 2.65. The van der Waals surface area contributed by atoms with Crippen molar-refractivity contribution >= 4 is 23.1 Å². The van der Waals surface area contributed by atoms with E-state index < -0.39 is 39.7 Å². The van der Waals surface area contributed by atoms with Gasteiger partial charge in [0.25, 0.3) is 0 Å². The monoisotopic (exact) mass is 596 g/mol. The van der Waals surface area contributed by atoms with Crippen molar-refractivity contribution in [3.8, 4) is 16.9 Å². The molecule has 0 bridgehead atoms. The smallest absolute Gasteiger partial charge is 0.206 e. The van der Waals surface area contributed by atoms with Gasteiger partial charge < -0.3 is 15.3 Å². The van der Waals surface area contributed by atoms with E-state index >= 15 is 0 Å². The third-order valence-corrected chi connectivity index (χ3v) is 11.4. The second kappa shape index (κ2) is 9.74. The molecule has 6 rings (SSSR count). The number of Topliss-reactive ketones (excluding diaryl/α,β-unsaturated/α-hetero) is 3. The minimum Gasteiger partial charge on any atom is -0.507 e. The third kappa shape index (κ3) is 3.79. The van der Waals surface area contributed by atoms with Crippen LogP contribution in [0.5, 0.6) is 5.75 Å². The van der Waals surface area contributed by atoms with Crippen molar-refractivity contribution < 1.29 is 29.7 Å². The summed E-state index contributed by atoms with van der Waals surface area (Å²) in [5.41, 5.74) is 1.70. The van der Waals surface area contributed by atoms with Gasteiger partial charge in [-0.25, -0.2) is 0 Å². The number of aromatic hydroxyl groups is 1. The van der Waals surface area contributed by atoms with Crippen LogP contribution in [0.15, 0.2) is 41.0 Å². The van der Waals surface area contributed by atoms with E-state index in [-0.39, 0.29) is 46.5 Å². The highest BCUT2D eigenvalue weighted by molar-refractivity contribution is 6.33. The van der Waals surface area contributed by atoms with Crippen LogP contribution < -0.4 is 0 Å². The normalized spacial score (nSPS) is 29.7. The first kappa shape index (κ1) is 30.5. The predicted molar refractivity (Wildman–Crippen MR) is 170 cm³/mol. The van der Waals surface area contributed by atoms with E-state index in [2.05, 4.69) is 26.0 Å². The van der Waals surface area contributed by atoms with Crippen molar-refractivity contribution in [3.05, 3.63) is 68.8 Å². The van der Waals surface area contributed by atoms with Crippen molar-refractivity contribution in [3.63, 3.8) is 0 Å². The first-order chi connectivity index (χ1) is 20.5. The molecule has 6 heteroatoms. The fourth-order valence-electron chi connectivity index (χ4n) is 9.82. The predicted octanol–water partition coefficient (Wildman–Crippen LogP) is 6.97. The number of fused-ring (bicyclic) bond motifs is 4. The summed E-state index contributed by atoms with van der Waals surface area (Å²) in [5.74, 6) is -3.18. The molecule has 0 saturated heterocycles. The number of aliphatic hydroxyl groups excluding tert-OH is 1. The minimum absolute atomic E-state index is 0.0422. The number of hydrogen-bond acceptors (Lipinski definition) is 6. The second-order valence-electron chi connectivity index (χ2n) is 15.0. The van der Waals surface area contributed by atoms with E-state index in [1.807, 2.05) is 32.9 Å². The van der Waals surface area contributed by atoms with Crippen LogP contribution in [0, 0.1) is 22.7 Å². The molecule has 0 heterocycles. The molecule has 0 aromatic heterocycles. The zero-order chi connectivity index (χ0) is 32.3. The van der Waals surface area contributed by atoms with Crippen LogP contribution in [0.25, 0.3) is 16.9 Å². The SMILES string of the molecule is CC(=O)C1=C(C)[C@@H](C(C)C)[C@]2(C)C[C@]3(C)Cc4c(C(C)C)cc(-c5ccc6c(c5)CCC6)c(O)c4C(O)=C3C(=O)[C@]2(O)C1=O. The molecule has 0 unspecified atom stereocenters. The zero-order valence-corrected chi connectivity index (χ0v) is 27.1. The van der Waals surface area contributed by atoms with E-state index in [1.165, 1.54) is 18.1 Å². The number of phenols is 1. The molecule has 1 fully saturated rings. The second-order valence-corrected chi connectivity index (χ2v) is 15.0. The molecule has 4 atom stereocenters. The van der Waals surface area contributed by atoms with Crippen LogP contribution >= 0.6 is 0 Å². The summed E-state index contributed by atoms with van der Waals surface area (Å²) < 4.78 is 0. The first-order valence-electron chi connectivity index (χ1n) is 16.0. The Hall–Kier alpha value is -3.51. The topological polar surface area (TPSA) is 112 Å². The van der Waals surface area contributed by atoms with E-state index in [0.29, 0.717) is 17.6 Å². The molecule has 0 amide bonds. The Bertz CT molecular complexity index is 1740. The van der Waals surface area contributed by atoms with Crippen LogP contribution in [-0.2, 0) is 33.6 Å². The lowest BCUT2D eigenvalue weighted by Crippen LogP contribution is -2.70. The molecule has 4 aliphatic carbocycles. The number of benzene rings is 2. The molecule has 0 spiro atoms. The van der Waals surface area contributed by atoms with Gasteiger partial charge in [0.05, 0.1) is 11.1 Å². The molecule has 4 aliphatic rings. The highest BCUT2D eigenvalue weighted by Gasteiger charge is 2.72. The molecular weight excluding hydrogens is 552 g/mol. The average Bonchev–Trinajstić information content (AvgIpc) is 3.38. The molecule has 0 aliphatic heterocycles. The van der Waals surface area contributed by atoms with Gasteiger partial charge in [0.15, 0.2) is 11.4 Å². The Balaban J connectivity index is 1.62. The number of aliphatic hydroxyl groups is 2. The molecule has 3 N–H and O–H groups in total. The van der Waals surface area contributed by atoms with E-state index in [1.54, 1.807) is 13.8 Å². The Morgan fingerprint density at radius 2 is 1.64 bits per heavy atom. The minimum atomic E-state index is -2.53. The zero-order valence-electron chi connectivity index (χ0n) is 27.1. The lowest BCUT2D eigenvalue weighted by atomic mass is 9.42. The molecular formula is C38H44O6. The summed E-state index contributed by atoms with van der Waals surface area (Å²) in [6, 6.07) is 8.23. The van der Waals surface area contributed by atoms with Gasteiger partial charge in [-0.15, -0.1) is 0 Å². The maximum absolute atomic E-state index is 14.7. The van der Waals surface area contributed by atoms with Gasteiger partial charge in [0.2, 0.25) is 11.6 Å². The molecule has 44 heavy (non-hydrogen) atoms. The lowest BCUT2D eigenvalue weighted by Gasteiger charge is -2.60. The van der Waals surface area contributed by atoms with Crippen molar-refractivity contribution in [2.45, 2.75) is 99.0 Å². The molecule has 0 radical (unpaired) electrons. The van der Waals surface area contributed by atoms with Crippen molar-refractivity contribution in [2.75, 3.05) is 0 Å². The van der Waals surface area contributed by atoms with Crippen LogP contribution in [-0.4, -0.2) is 38.3 Å². The molecule has 2 aromatic rings. The summed E-state index contributed by atoms with van der Waals surface area (Å²) in [5, 5.41) is 36.3. The number of carbonyl (C=O) groups is 3. The van der Waals surface area contributed by atoms with E-state index in [0.717, 1.165) is 36.0 Å². The van der Waals surface area contributed by atoms with Crippen LogP contribution in [0.1, 0.15) is 102 Å². The Morgan fingerprint density at radius 1 is 0.977 bits per heavy atom. The standard InChI is InChI=1S/C38H44O6/c1-18(2)25-15-26(24-13-12-22-10-9-11-23(22)14-24)32(40)29-27(25)16-36(7)17-37(8)30(19(3)4)20(5)28(21(6)39)34(42)38(37,44)35(43)31(36)33(29)41/h12-15,18-19,30,40-41,44H,9-11,16-17H2,1-8H3/t30-,36+,37+,38-/m1/s1. The van der Waals surface area contributed by atoms with Gasteiger partial charge in [-0.1, -0.05) is 65.3 Å². The number of ketones is 3. The molecule has 232 valence electrons. The van der Waals surface area contributed by atoms with Crippen LogP contribution in [0.3, 0.4) is 0 Å². The number of allylic oxidation sites excluding steroid dienone is 1. The summed E-state index contributed by atoms with van der Waals surface area (Å²) in [6.07, 6.45) is 3.70. The maximum Gasteiger partial charge on any atom is 0.206 e. The fourth-order valence-corrected chi connectivity index (χ4v) is 9.82. The van der Waals surface area contributed by atoms with Crippen LogP contribution in [0.2, 0.25) is 0 Å². The van der Waals surface area contributed by atoms with Gasteiger partial charge in [0.1, 0.15) is 11.5 Å². The van der Waals surface area contributed by atoms with Gasteiger partial charge in [-0.2, -0.15) is 0 Å². The largest absolute Gasteiger partial charge is 0.507 e. The van der Waals surface area contributed by atoms with Gasteiger partial charge in [0, 0.05) is 22.0 Å². The summed E-state index contributed by atoms with van der Waals surface area (Å²) in [6.45, 7) is 14.9. The van der Waals surface area contributed by atoms with Crippen molar-refractivity contribution in [1.82, 2.24) is 0 Å². The lowest BCUT2D eigenvalue weighted by molar-refractivity contribution is -0.180. The van der Waals surface area contributed by atoms with Gasteiger partial charge in [-0.3, -0.25) is 14.4 Å². The quantitative estimate of drug-likeness (QED) is 0.260.